The monoisotopic (exact) mass is 418 g/mol. The standard InChI is InChI=1S/C25H26N2O4/c1-3-30-23(28)6-4-5-18-9-8-17(14-26)12-21(18)27-24(29)20-13-25(20)15-31-22-10-7-16(2)11-19(22)25/h7-12,20H,3-6,13,15H2,1-2H3,(H,27,29)/t20?,25-/m1/s1. The van der Waals surface area contributed by atoms with Gasteiger partial charge >= 0.3 is 5.97 Å². The largest absolute Gasteiger partial charge is 0.492 e. The molecule has 1 aliphatic heterocycles. The number of nitrogens with one attached hydrogen (secondary N) is 1. The van der Waals surface area contributed by atoms with Crippen molar-refractivity contribution in [1.82, 2.24) is 0 Å². The molecular weight excluding hydrogens is 392 g/mol. The van der Waals surface area contributed by atoms with Gasteiger partial charge in [-0.1, -0.05) is 23.8 Å². The first-order chi connectivity index (χ1) is 15.0. The van der Waals surface area contributed by atoms with Gasteiger partial charge in [0.1, 0.15) is 5.75 Å². The highest BCUT2D eigenvalue weighted by Crippen LogP contribution is 2.60. The highest BCUT2D eigenvalue weighted by atomic mass is 16.5. The summed E-state index contributed by atoms with van der Waals surface area (Å²) in [5.41, 5.74) is 4.06. The number of carbonyl (C=O) groups excluding carboxylic acids is 2. The molecule has 1 unspecified atom stereocenters. The molecule has 1 aliphatic carbocycles. The number of nitriles is 1. The number of aryl methyl sites for hydroxylation is 2. The number of hydrogen-bond acceptors (Lipinski definition) is 5. The van der Waals surface area contributed by atoms with Crippen LogP contribution in [0, 0.1) is 24.2 Å². The van der Waals surface area contributed by atoms with E-state index in [0.29, 0.717) is 43.7 Å². The van der Waals surface area contributed by atoms with Crippen molar-refractivity contribution in [3.05, 3.63) is 58.7 Å². The second-order valence-electron chi connectivity index (χ2n) is 8.33. The van der Waals surface area contributed by atoms with Crippen LogP contribution < -0.4 is 10.1 Å². The van der Waals surface area contributed by atoms with Crippen LogP contribution in [0.15, 0.2) is 36.4 Å². The Morgan fingerprint density at radius 1 is 1.29 bits per heavy atom. The van der Waals surface area contributed by atoms with Gasteiger partial charge < -0.3 is 14.8 Å². The molecule has 1 spiro atoms. The van der Waals surface area contributed by atoms with Gasteiger partial charge in [-0.25, -0.2) is 0 Å². The van der Waals surface area contributed by atoms with Gasteiger partial charge in [-0.3, -0.25) is 9.59 Å². The average molecular weight is 418 g/mol. The average Bonchev–Trinajstić information content (AvgIpc) is 3.39. The zero-order valence-electron chi connectivity index (χ0n) is 17.9. The van der Waals surface area contributed by atoms with Gasteiger partial charge in [0.25, 0.3) is 0 Å². The van der Waals surface area contributed by atoms with Crippen molar-refractivity contribution >= 4 is 17.6 Å². The summed E-state index contributed by atoms with van der Waals surface area (Å²) in [4.78, 5) is 24.7. The number of anilines is 1. The lowest BCUT2D eigenvalue weighted by molar-refractivity contribution is -0.143. The fraction of sp³-hybridized carbons (Fsp3) is 0.400. The van der Waals surface area contributed by atoms with Gasteiger partial charge in [0.2, 0.25) is 5.91 Å². The Hall–Kier alpha value is -3.33. The summed E-state index contributed by atoms with van der Waals surface area (Å²) in [6, 6.07) is 13.5. The molecule has 0 bridgehead atoms. The molecular formula is C25H26N2O4. The number of nitrogens with zero attached hydrogens (tertiary/aromatic N) is 1. The summed E-state index contributed by atoms with van der Waals surface area (Å²) in [6.45, 7) is 4.71. The minimum Gasteiger partial charge on any atom is -0.492 e. The van der Waals surface area contributed by atoms with E-state index < -0.39 is 0 Å². The van der Waals surface area contributed by atoms with Crippen molar-refractivity contribution < 1.29 is 19.1 Å². The first kappa shape index (κ1) is 20.9. The van der Waals surface area contributed by atoms with Gasteiger partial charge in [-0.2, -0.15) is 5.26 Å². The first-order valence-corrected chi connectivity index (χ1v) is 10.7. The van der Waals surface area contributed by atoms with Crippen LogP contribution in [0.25, 0.3) is 0 Å². The maximum absolute atomic E-state index is 13.1. The van der Waals surface area contributed by atoms with Crippen LogP contribution >= 0.6 is 0 Å². The molecule has 2 atom stereocenters. The minimum atomic E-state index is -0.248. The van der Waals surface area contributed by atoms with Crippen LogP contribution in [0.1, 0.15) is 48.4 Å². The van der Waals surface area contributed by atoms with Crippen LogP contribution in [0.5, 0.6) is 5.75 Å². The van der Waals surface area contributed by atoms with E-state index in [2.05, 4.69) is 17.5 Å². The van der Waals surface area contributed by atoms with E-state index in [0.717, 1.165) is 28.9 Å². The number of benzene rings is 2. The third-order valence-corrected chi connectivity index (χ3v) is 6.18. The SMILES string of the molecule is CCOC(=O)CCCc1ccc(C#N)cc1NC(=O)C1C[C@]12COc1ccc(C)cc12. The predicted octanol–water partition coefficient (Wildman–Crippen LogP) is 4.04. The fourth-order valence-electron chi connectivity index (χ4n) is 4.41. The Morgan fingerprint density at radius 3 is 2.90 bits per heavy atom. The molecule has 2 aromatic rings. The highest BCUT2D eigenvalue weighted by Gasteiger charge is 2.63. The Bertz CT molecular complexity index is 1070. The number of esters is 1. The van der Waals surface area contributed by atoms with Crippen molar-refractivity contribution in [2.24, 2.45) is 5.92 Å². The number of fused-ring (bicyclic) bond motifs is 2. The van der Waals surface area contributed by atoms with E-state index in [-0.39, 0.29) is 23.2 Å². The molecule has 4 rings (SSSR count). The van der Waals surface area contributed by atoms with Gasteiger partial charge in [-0.15, -0.1) is 0 Å². The molecule has 0 radical (unpaired) electrons. The number of amides is 1. The summed E-state index contributed by atoms with van der Waals surface area (Å²) in [6.07, 6.45) is 2.30. The molecule has 2 aliphatic rings. The lowest BCUT2D eigenvalue weighted by atomic mass is 9.94. The third-order valence-electron chi connectivity index (χ3n) is 6.18. The maximum Gasteiger partial charge on any atom is 0.305 e. The van der Waals surface area contributed by atoms with E-state index >= 15 is 0 Å². The van der Waals surface area contributed by atoms with Crippen LogP contribution in [0.4, 0.5) is 5.69 Å². The van der Waals surface area contributed by atoms with Crippen LogP contribution in [0.3, 0.4) is 0 Å². The zero-order valence-corrected chi connectivity index (χ0v) is 17.9. The highest BCUT2D eigenvalue weighted by molar-refractivity contribution is 5.97. The Morgan fingerprint density at radius 2 is 2.13 bits per heavy atom. The lowest BCUT2D eigenvalue weighted by Crippen LogP contribution is -2.23. The maximum atomic E-state index is 13.1. The summed E-state index contributed by atoms with van der Waals surface area (Å²) >= 11 is 0. The Labute approximate surface area is 182 Å². The van der Waals surface area contributed by atoms with E-state index in [1.165, 1.54) is 0 Å². The zero-order chi connectivity index (χ0) is 22.0. The quantitative estimate of drug-likeness (QED) is 0.686. The summed E-state index contributed by atoms with van der Waals surface area (Å²) in [5.74, 6) is 0.428. The van der Waals surface area contributed by atoms with Crippen LogP contribution in [-0.2, 0) is 26.2 Å². The van der Waals surface area contributed by atoms with Crippen LogP contribution in [0.2, 0.25) is 0 Å². The lowest BCUT2D eigenvalue weighted by Gasteiger charge is -2.13. The third kappa shape index (κ3) is 4.13. The van der Waals surface area contributed by atoms with Crippen LogP contribution in [-0.4, -0.2) is 25.1 Å². The van der Waals surface area contributed by atoms with Crippen molar-refractivity contribution in [1.29, 1.82) is 5.26 Å². The smallest absolute Gasteiger partial charge is 0.305 e. The van der Waals surface area contributed by atoms with E-state index in [1.54, 1.807) is 19.1 Å². The second-order valence-corrected chi connectivity index (χ2v) is 8.33. The van der Waals surface area contributed by atoms with Gasteiger partial charge in [0.15, 0.2) is 0 Å². The molecule has 1 heterocycles. The van der Waals surface area contributed by atoms with Gasteiger partial charge in [0, 0.05) is 23.1 Å². The molecule has 1 saturated carbocycles. The van der Waals surface area contributed by atoms with Crippen molar-refractivity contribution in [3.63, 3.8) is 0 Å². The molecule has 1 amide bonds. The number of hydrogen-bond donors (Lipinski definition) is 1. The molecule has 0 saturated heterocycles. The van der Waals surface area contributed by atoms with Gasteiger partial charge in [0.05, 0.1) is 30.8 Å². The molecule has 160 valence electrons. The molecule has 1 fully saturated rings. The van der Waals surface area contributed by atoms with E-state index in [1.807, 2.05) is 25.1 Å². The molecule has 1 N–H and O–H groups in total. The molecule has 2 aromatic carbocycles. The molecule has 6 nitrogen and oxygen atoms in total. The number of rotatable bonds is 7. The first-order valence-electron chi connectivity index (χ1n) is 10.7. The number of carbonyl (C=O) groups is 2. The predicted molar refractivity (Wildman–Crippen MR) is 116 cm³/mol. The van der Waals surface area contributed by atoms with Crippen molar-refractivity contribution in [2.45, 2.75) is 44.9 Å². The summed E-state index contributed by atoms with van der Waals surface area (Å²) in [5, 5.41) is 12.3. The molecule has 6 heteroatoms. The van der Waals surface area contributed by atoms with Crippen molar-refractivity contribution in [2.75, 3.05) is 18.5 Å². The fourth-order valence-corrected chi connectivity index (χ4v) is 4.41. The Kier molecular flexibility index (Phi) is 5.69. The van der Waals surface area contributed by atoms with E-state index in [4.69, 9.17) is 9.47 Å². The number of ether oxygens (including phenoxy) is 2. The van der Waals surface area contributed by atoms with Gasteiger partial charge in [-0.05, 0) is 56.9 Å². The topological polar surface area (TPSA) is 88.4 Å². The molecule has 31 heavy (non-hydrogen) atoms. The van der Waals surface area contributed by atoms with E-state index in [9.17, 15) is 14.9 Å². The summed E-state index contributed by atoms with van der Waals surface area (Å²) in [7, 11) is 0. The minimum absolute atomic E-state index is 0.0558. The normalized spacial score (nSPS) is 20.5. The van der Waals surface area contributed by atoms with Crippen molar-refractivity contribution in [3.8, 4) is 11.8 Å². The second kappa shape index (κ2) is 8.43. The molecule has 0 aromatic heterocycles. The summed E-state index contributed by atoms with van der Waals surface area (Å²) < 4.78 is 10.8. The Balaban J connectivity index is 1.47.